The zero-order valence-electron chi connectivity index (χ0n) is 14.4. The minimum Gasteiger partial charge on any atom is -0.370 e. The van der Waals surface area contributed by atoms with Gasteiger partial charge in [0, 0.05) is 24.3 Å². The minimum atomic E-state index is 0.364. The monoisotopic (exact) mass is 293 g/mol. The van der Waals surface area contributed by atoms with Crippen LogP contribution in [0.2, 0.25) is 0 Å². The van der Waals surface area contributed by atoms with E-state index >= 15 is 0 Å². The van der Waals surface area contributed by atoms with Gasteiger partial charge in [-0.2, -0.15) is 5.10 Å². The van der Waals surface area contributed by atoms with E-state index in [1.54, 1.807) is 0 Å². The first-order valence-corrected chi connectivity index (χ1v) is 7.86. The number of aliphatic imine (C=N–C) groups is 1. The van der Waals surface area contributed by atoms with Crippen LogP contribution in [-0.2, 0) is 13.6 Å². The molecule has 21 heavy (non-hydrogen) atoms. The van der Waals surface area contributed by atoms with Gasteiger partial charge in [0.05, 0.1) is 12.2 Å². The van der Waals surface area contributed by atoms with Crippen LogP contribution in [0.4, 0.5) is 0 Å². The van der Waals surface area contributed by atoms with Gasteiger partial charge in [0.1, 0.15) is 0 Å². The summed E-state index contributed by atoms with van der Waals surface area (Å²) in [6.07, 6.45) is 3.61. The van der Waals surface area contributed by atoms with Crippen LogP contribution >= 0.6 is 0 Å². The van der Waals surface area contributed by atoms with Crippen molar-refractivity contribution in [1.29, 1.82) is 0 Å². The first-order valence-electron chi connectivity index (χ1n) is 7.86. The Morgan fingerprint density at radius 2 is 1.95 bits per heavy atom. The van der Waals surface area contributed by atoms with Crippen LogP contribution in [0.15, 0.2) is 4.99 Å². The summed E-state index contributed by atoms with van der Waals surface area (Å²) < 4.78 is 1.89. The van der Waals surface area contributed by atoms with E-state index in [9.17, 15) is 0 Å². The average molecular weight is 293 g/mol. The van der Waals surface area contributed by atoms with Gasteiger partial charge < -0.3 is 11.1 Å². The maximum atomic E-state index is 5.97. The molecule has 0 saturated carbocycles. The zero-order chi connectivity index (χ0) is 16.0. The van der Waals surface area contributed by atoms with Crippen LogP contribution in [0.25, 0.3) is 0 Å². The van der Waals surface area contributed by atoms with Crippen molar-refractivity contribution in [2.75, 3.05) is 0 Å². The Morgan fingerprint density at radius 3 is 2.48 bits per heavy atom. The van der Waals surface area contributed by atoms with Crippen molar-refractivity contribution >= 4 is 5.96 Å². The van der Waals surface area contributed by atoms with Crippen molar-refractivity contribution in [2.24, 2.45) is 23.7 Å². The second-order valence-corrected chi connectivity index (χ2v) is 6.34. The van der Waals surface area contributed by atoms with Gasteiger partial charge in [-0.15, -0.1) is 0 Å². The molecule has 5 heteroatoms. The highest BCUT2D eigenvalue weighted by atomic mass is 15.3. The second kappa shape index (κ2) is 8.05. The number of nitrogens with zero attached hydrogens (tertiary/aromatic N) is 3. The van der Waals surface area contributed by atoms with E-state index in [1.165, 1.54) is 12.8 Å². The molecule has 0 aliphatic carbocycles. The van der Waals surface area contributed by atoms with E-state index < -0.39 is 0 Å². The van der Waals surface area contributed by atoms with E-state index in [2.05, 4.69) is 43.1 Å². The number of rotatable bonds is 7. The quantitative estimate of drug-likeness (QED) is 0.600. The molecular formula is C16H31N5. The highest BCUT2D eigenvalue weighted by Gasteiger charge is 2.09. The number of guanidine groups is 1. The summed E-state index contributed by atoms with van der Waals surface area (Å²) in [5, 5.41) is 7.66. The standard InChI is InChI=1S/C16H31N5/c1-11(2)8-7-9-12(3)19-16(17)18-10-15-13(4)20-21(6)14(15)5/h11-12H,7-10H2,1-6H3,(H3,17,18,19). The summed E-state index contributed by atoms with van der Waals surface area (Å²) in [6, 6.07) is 0.364. The fourth-order valence-electron chi connectivity index (χ4n) is 2.41. The third kappa shape index (κ3) is 5.78. The molecule has 1 aromatic heterocycles. The molecule has 0 fully saturated rings. The molecule has 1 heterocycles. The number of nitrogens with two attached hydrogens (primary N) is 1. The van der Waals surface area contributed by atoms with Gasteiger partial charge in [-0.05, 0) is 33.1 Å². The topological polar surface area (TPSA) is 68.2 Å². The molecule has 5 nitrogen and oxygen atoms in total. The van der Waals surface area contributed by atoms with Gasteiger partial charge >= 0.3 is 0 Å². The number of nitrogens with one attached hydrogen (secondary N) is 1. The molecule has 0 saturated heterocycles. The Labute approximate surface area is 129 Å². The van der Waals surface area contributed by atoms with Gasteiger partial charge in [-0.25, -0.2) is 4.99 Å². The molecule has 1 atom stereocenters. The number of hydrogen-bond acceptors (Lipinski definition) is 2. The predicted molar refractivity (Wildman–Crippen MR) is 89.3 cm³/mol. The summed E-state index contributed by atoms with van der Waals surface area (Å²) in [7, 11) is 1.95. The Bertz CT molecular complexity index is 473. The molecule has 0 spiro atoms. The van der Waals surface area contributed by atoms with E-state index in [0.717, 1.165) is 29.3 Å². The van der Waals surface area contributed by atoms with Gasteiger partial charge in [-0.3, -0.25) is 4.68 Å². The molecule has 120 valence electrons. The molecule has 0 aliphatic rings. The van der Waals surface area contributed by atoms with E-state index in [0.29, 0.717) is 18.5 Å². The highest BCUT2D eigenvalue weighted by Crippen LogP contribution is 2.13. The van der Waals surface area contributed by atoms with Gasteiger partial charge in [0.25, 0.3) is 0 Å². The molecule has 0 aromatic carbocycles. The van der Waals surface area contributed by atoms with Crippen LogP contribution in [0, 0.1) is 19.8 Å². The maximum absolute atomic E-state index is 5.97. The Morgan fingerprint density at radius 1 is 1.29 bits per heavy atom. The molecule has 1 aromatic rings. The third-order valence-corrected chi connectivity index (χ3v) is 3.88. The number of aromatic nitrogens is 2. The smallest absolute Gasteiger partial charge is 0.189 e. The minimum absolute atomic E-state index is 0.364. The summed E-state index contributed by atoms with van der Waals surface area (Å²) in [5.41, 5.74) is 9.31. The lowest BCUT2D eigenvalue weighted by molar-refractivity contribution is 0.493. The van der Waals surface area contributed by atoms with Crippen LogP contribution in [-0.4, -0.2) is 21.8 Å². The largest absolute Gasteiger partial charge is 0.370 e. The van der Waals surface area contributed by atoms with Crippen LogP contribution in [0.5, 0.6) is 0 Å². The van der Waals surface area contributed by atoms with Crippen molar-refractivity contribution < 1.29 is 0 Å². The molecule has 0 aliphatic heterocycles. The molecule has 3 N–H and O–H groups in total. The molecule has 0 amide bonds. The lowest BCUT2D eigenvalue weighted by Gasteiger charge is -2.15. The fraction of sp³-hybridized carbons (Fsp3) is 0.750. The average Bonchev–Trinajstić information content (AvgIpc) is 2.60. The molecule has 0 bridgehead atoms. The number of hydrogen-bond donors (Lipinski definition) is 2. The summed E-state index contributed by atoms with van der Waals surface area (Å²) >= 11 is 0. The first kappa shape index (κ1) is 17.5. The van der Waals surface area contributed by atoms with Crippen LogP contribution < -0.4 is 11.1 Å². The molecule has 0 radical (unpaired) electrons. The summed E-state index contributed by atoms with van der Waals surface area (Å²) in [4.78, 5) is 4.44. The van der Waals surface area contributed by atoms with Crippen molar-refractivity contribution in [3.05, 3.63) is 17.0 Å². The van der Waals surface area contributed by atoms with Crippen molar-refractivity contribution in [2.45, 2.75) is 66.5 Å². The van der Waals surface area contributed by atoms with Gasteiger partial charge in [-0.1, -0.05) is 26.7 Å². The first-order chi connectivity index (χ1) is 9.81. The second-order valence-electron chi connectivity index (χ2n) is 6.34. The molecular weight excluding hydrogens is 262 g/mol. The van der Waals surface area contributed by atoms with Gasteiger partial charge in [0.15, 0.2) is 5.96 Å². The van der Waals surface area contributed by atoms with Crippen molar-refractivity contribution in [3.8, 4) is 0 Å². The Hall–Kier alpha value is -1.52. The van der Waals surface area contributed by atoms with Crippen LogP contribution in [0.3, 0.4) is 0 Å². The highest BCUT2D eigenvalue weighted by molar-refractivity contribution is 5.78. The van der Waals surface area contributed by atoms with Crippen molar-refractivity contribution in [1.82, 2.24) is 15.1 Å². The Kier molecular flexibility index (Phi) is 6.72. The van der Waals surface area contributed by atoms with E-state index in [4.69, 9.17) is 5.73 Å². The molecule has 1 rings (SSSR count). The fourth-order valence-corrected chi connectivity index (χ4v) is 2.41. The van der Waals surface area contributed by atoms with E-state index in [1.807, 2.05) is 18.7 Å². The lowest BCUT2D eigenvalue weighted by atomic mass is 10.0. The molecule has 1 unspecified atom stereocenters. The lowest BCUT2D eigenvalue weighted by Crippen LogP contribution is -2.38. The predicted octanol–water partition coefficient (Wildman–Crippen LogP) is 2.66. The SMILES string of the molecule is Cc1nn(C)c(C)c1CN=C(N)NC(C)CCCC(C)C. The van der Waals surface area contributed by atoms with E-state index in [-0.39, 0.29) is 0 Å². The van der Waals surface area contributed by atoms with Crippen LogP contribution in [0.1, 0.15) is 57.0 Å². The number of aryl methyl sites for hydroxylation is 2. The summed E-state index contributed by atoms with van der Waals surface area (Å²) in [5.74, 6) is 1.29. The summed E-state index contributed by atoms with van der Waals surface area (Å²) in [6.45, 7) is 11.3. The Balaban J connectivity index is 2.46. The zero-order valence-corrected chi connectivity index (χ0v) is 14.4. The van der Waals surface area contributed by atoms with Crippen molar-refractivity contribution in [3.63, 3.8) is 0 Å². The third-order valence-electron chi connectivity index (χ3n) is 3.88. The normalized spacial score (nSPS) is 13.8. The maximum Gasteiger partial charge on any atom is 0.189 e. The van der Waals surface area contributed by atoms with Gasteiger partial charge in [0.2, 0.25) is 0 Å².